The summed E-state index contributed by atoms with van der Waals surface area (Å²) in [5.41, 5.74) is 1.58. The summed E-state index contributed by atoms with van der Waals surface area (Å²) in [4.78, 5) is 10.9. The SMILES string of the molecule is O=C(O)COc1cccc2c1CCCC2NS(=O)(=O)c1ccc(Oc2cccc(Cl)c2)c(Cl)c1. The van der Waals surface area contributed by atoms with Crippen LogP contribution >= 0.6 is 23.2 Å². The van der Waals surface area contributed by atoms with Crippen LogP contribution in [0, 0.1) is 0 Å². The van der Waals surface area contributed by atoms with Gasteiger partial charge < -0.3 is 14.6 Å². The van der Waals surface area contributed by atoms with Gasteiger partial charge in [0.25, 0.3) is 0 Å². The van der Waals surface area contributed by atoms with E-state index in [-0.39, 0.29) is 9.92 Å². The molecule has 1 aliphatic rings. The summed E-state index contributed by atoms with van der Waals surface area (Å²) < 4.78 is 40.1. The molecule has 4 rings (SSSR count). The second-order valence-electron chi connectivity index (χ2n) is 7.72. The second-order valence-corrected chi connectivity index (χ2v) is 10.3. The number of hydrogen-bond acceptors (Lipinski definition) is 5. The van der Waals surface area contributed by atoms with E-state index in [0.29, 0.717) is 35.1 Å². The average Bonchev–Trinajstić information content (AvgIpc) is 2.79. The van der Waals surface area contributed by atoms with Gasteiger partial charge in [-0.25, -0.2) is 17.9 Å². The van der Waals surface area contributed by atoms with Crippen LogP contribution in [0.15, 0.2) is 65.6 Å². The topological polar surface area (TPSA) is 102 Å². The molecule has 0 aliphatic heterocycles. The standard InChI is InChI=1S/C24H21Cl2NO6S/c25-15-4-1-5-16(12-15)33-23-11-10-17(13-20(23)26)34(30,31)27-21-8-2-7-19-18(21)6-3-9-22(19)32-14-24(28)29/h1,3-6,9-13,21,27H,2,7-8,14H2,(H,28,29). The van der Waals surface area contributed by atoms with Crippen molar-refractivity contribution in [3.05, 3.63) is 81.8 Å². The predicted octanol–water partition coefficient (Wildman–Crippen LogP) is 5.61. The number of carboxylic acids is 1. The Morgan fingerprint density at radius 1 is 1.06 bits per heavy atom. The van der Waals surface area contributed by atoms with Crippen LogP contribution in [0.5, 0.6) is 17.2 Å². The van der Waals surface area contributed by atoms with Crippen molar-refractivity contribution in [2.24, 2.45) is 0 Å². The molecule has 0 heterocycles. The van der Waals surface area contributed by atoms with Crippen molar-refractivity contribution in [3.8, 4) is 17.2 Å². The zero-order chi connectivity index (χ0) is 24.3. The predicted molar refractivity (Wildman–Crippen MR) is 129 cm³/mol. The van der Waals surface area contributed by atoms with Crippen molar-refractivity contribution in [2.75, 3.05) is 6.61 Å². The van der Waals surface area contributed by atoms with Gasteiger partial charge in [-0.15, -0.1) is 0 Å². The molecule has 0 fully saturated rings. The van der Waals surface area contributed by atoms with Crippen LogP contribution in [0.3, 0.4) is 0 Å². The highest BCUT2D eigenvalue weighted by atomic mass is 35.5. The first kappa shape index (κ1) is 24.3. The molecule has 0 radical (unpaired) electrons. The molecule has 3 aromatic rings. The van der Waals surface area contributed by atoms with Crippen LogP contribution in [0.2, 0.25) is 10.0 Å². The summed E-state index contributed by atoms with van der Waals surface area (Å²) in [6.07, 6.45) is 1.99. The van der Waals surface area contributed by atoms with Gasteiger partial charge in [0.1, 0.15) is 17.2 Å². The molecule has 7 nitrogen and oxygen atoms in total. The van der Waals surface area contributed by atoms with E-state index in [4.69, 9.17) is 37.8 Å². The number of halogens is 2. The zero-order valence-corrected chi connectivity index (χ0v) is 20.2. The maximum absolute atomic E-state index is 13.1. The molecule has 2 N–H and O–H groups in total. The van der Waals surface area contributed by atoms with E-state index >= 15 is 0 Å². The smallest absolute Gasteiger partial charge is 0.341 e. The van der Waals surface area contributed by atoms with Gasteiger partial charge in [-0.1, -0.05) is 41.4 Å². The molecule has 3 aromatic carbocycles. The monoisotopic (exact) mass is 521 g/mol. The minimum absolute atomic E-state index is 0.00125. The summed E-state index contributed by atoms with van der Waals surface area (Å²) in [6, 6.07) is 15.8. The van der Waals surface area contributed by atoms with Crippen LogP contribution < -0.4 is 14.2 Å². The highest BCUT2D eigenvalue weighted by molar-refractivity contribution is 7.89. The largest absolute Gasteiger partial charge is 0.482 e. The fourth-order valence-corrected chi connectivity index (χ4v) is 5.60. The number of benzene rings is 3. The molecule has 1 aliphatic carbocycles. The van der Waals surface area contributed by atoms with Crippen LogP contribution in [0.1, 0.15) is 30.0 Å². The van der Waals surface area contributed by atoms with E-state index in [9.17, 15) is 13.2 Å². The first-order chi connectivity index (χ1) is 16.2. The minimum atomic E-state index is -3.91. The molecule has 0 spiro atoms. The average molecular weight is 522 g/mol. The Hall–Kier alpha value is -2.78. The Labute approximate surface area is 207 Å². The van der Waals surface area contributed by atoms with Gasteiger partial charge in [-0.2, -0.15) is 0 Å². The molecule has 178 valence electrons. The quantitative estimate of drug-likeness (QED) is 0.399. The molecule has 0 bridgehead atoms. The number of rotatable bonds is 8. The van der Waals surface area contributed by atoms with Gasteiger partial charge >= 0.3 is 5.97 Å². The highest BCUT2D eigenvalue weighted by Crippen LogP contribution is 2.37. The van der Waals surface area contributed by atoms with Gasteiger partial charge in [0.15, 0.2) is 6.61 Å². The van der Waals surface area contributed by atoms with E-state index in [1.165, 1.54) is 18.2 Å². The van der Waals surface area contributed by atoms with E-state index in [1.807, 2.05) is 6.07 Å². The zero-order valence-electron chi connectivity index (χ0n) is 17.8. The van der Waals surface area contributed by atoms with Gasteiger partial charge in [0.05, 0.1) is 9.92 Å². The molecule has 0 amide bonds. The number of fused-ring (bicyclic) bond motifs is 1. The van der Waals surface area contributed by atoms with Crippen molar-refractivity contribution < 1.29 is 27.8 Å². The lowest BCUT2D eigenvalue weighted by molar-refractivity contribution is -0.139. The third-order valence-electron chi connectivity index (χ3n) is 5.35. The van der Waals surface area contributed by atoms with Crippen molar-refractivity contribution in [1.82, 2.24) is 4.72 Å². The number of sulfonamides is 1. The van der Waals surface area contributed by atoms with Crippen molar-refractivity contribution in [3.63, 3.8) is 0 Å². The number of carbonyl (C=O) groups is 1. The fraction of sp³-hybridized carbons (Fsp3) is 0.208. The fourth-order valence-electron chi connectivity index (χ4n) is 3.86. The Morgan fingerprint density at radius 3 is 2.59 bits per heavy atom. The van der Waals surface area contributed by atoms with Crippen molar-refractivity contribution in [1.29, 1.82) is 0 Å². The van der Waals surface area contributed by atoms with Crippen molar-refractivity contribution in [2.45, 2.75) is 30.2 Å². The van der Waals surface area contributed by atoms with E-state index < -0.39 is 28.6 Å². The van der Waals surface area contributed by atoms with E-state index in [2.05, 4.69) is 4.72 Å². The lowest BCUT2D eigenvalue weighted by Gasteiger charge is -2.27. The Kier molecular flexibility index (Phi) is 7.33. The summed E-state index contributed by atoms with van der Waals surface area (Å²) in [5, 5.41) is 9.54. The number of nitrogens with one attached hydrogen (secondary N) is 1. The summed E-state index contributed by atoms with van der Waals surface area (Å²) >= 11 is 12.3. The summed E-state index contributed by atoms with van der Waals surface area (Å²) in [7, 11) is -3.91. The van der Waals surface area contributed by atoms with Gasteiger partial charge in [-0.3, -0.25) is 0 Å². The third-order valence-corrected chi connectivity index (χ3v) is 7.35. The molecular weight excluding hydrogens is 501 g/mol. The molecular formula is C24H21Cl2NO6S. The molecule has 0 aromatic heterocycles. The van der Waals surface area contributed by atoms with Crippen LogP contribution in [0.25, 0.3) is 0 Å². The van der Waals surface area contributed by atoms with Crippen LogP contribution in [-0.2, 0) is 21.2 Å². The van der Waals surface area contributed by atoms with E-state index in [0.717, 1.165) is 17.5 Å². The molecule has 0 saturated heterocycles. The maximum Gasteiger partial charge on any atom is 0.341 e. The number of ether oxygens (including phenoxy) is 2. The number of carboxylic acid groups (broad SMARTS) is 1. The van der Waals surface area contributed by atoms with E-state index in [1.54, 1.807) is 36.4 Å². The summed E-state index contributed by atoms with van der Waals surface area (Å²) in [6.45, 7) is -0.463. The first-order valence-electron chi connectivity index (χ1n) is 10.4. The Bertz CT molecular complexity index is 1330. The lowest BCUT2D eigenvalue weighted by atomic mass is 9.87. The Balaban J connectivity index is 1.54. The second kappa shape index (κ2) is 10.2. The normalized spacial score (nSPS) is 15.4. The van der Waals surface area contributed by atoms with Crippen molar-refractivity contribution >= 4 is 39.2 Å². The molecule has 10 heteroatoms. The van der Waals surface area contributed by atoms with Gasteiger partial charge in [0.2, 0.25) is 10.0 Å². The first-order valence-corrected chi connectivity index (χ1v) is 12.7. The number of aliphatic carboxylic acids is 1. The third kappa shape index (κ3) is 5.64. The highest BCUT2D eigenvalue weighted by Gasteiger charge is 2.28. The van der Waals surface area contributed by atoms with Gasteiger partial charge in [0, 0.05) is 11.1 Å². The lowest BCUT2D eigenvalue weighted by Crippen LogP contribution is -2.31. The molecule has 1 atom stereocenters. The molecule has 1 unspecified atom stereocenters. The molecule has 0 saturated carbocycles. The van der Waals surface area contributed by atoms with Crippen LogP contribution in [-0.4, -0.2) is 26.1 Å². The summed E-state index contributed by atoms with van der Waals surface area (Å²) in [5.74, 6) is 0.147. The van der Waals surface area contributed by atoms with Gasteiger partial charge in [-0.05, 0) is 72.9 Å². The molecule has 34 heavy (non-hydrogen) atoms. The number of hydrogen-bond donors (Lipinski definition) is 2. The van der Waals surface area contributed by atoms with Crippen LogP contribution in [0.4, 0.5) is 0 Å². The Morgan fingerprint density at radius 2 is 1.85 bits per heavy atom. The maximum atomic E-state index is 13.1. The minimum Gasteiger partial charge on any atom is -0.482 e.